The van der Waals surface area contributed by atoms with Gasteiger partial charge in [-0.1, -0.05) is 17.7 Å². The smallest absolute Gasteiger partial charge is 0.253 e. The van der Waals surface area contributed by atoms with E-state index in [9.17, 15) is 9.90 Å². The first-order valence-electron chi connectivity index (χ1n) is 15.3. The van der Waals surface area contributed by atoms with Crippen LogP contribution >= 0.6 is 11.6 Å². The van der Waals surface area contributed by atoms with Gasteiger partial charge in [0.1, 0.15) is 24.5 Å². The Morgan fingerprint density at radius 3 is 2.74 bits per heavy atom. The number of hydrogen-bond acceptors (Lipinski definition) is 9. The van der Waals surface area contributed by atoms with Gasteiger partial charge in [0.2, 0.25) is 0 Å². The number of aliphatic hydroxyl groups is 1. The Morgan fingerprint density at radius 1 is 1.04 bits per heavy atom. The minimum atomic E-state index is -0.153. The molecule has 2 aromatic carbocycles. The van der Waals surface area contributed by atoms with Crippen LogP contribution in [-0.4, -0.2) is 81.4 Å². The molecular formula is C34H36ClN7O4. The van der Waals surface area contributed by atoms with E-state index in [-0.39, 0.29) is 12.5 Å². The topological polar surface area (TPSA) is 127 Å². The van der Waals surface area contributed by atoms with E-state index in [0.717, 1.165) is 72.8 Å². The fourth-order valence-electron chi connectivity index (χ4n) is 5.37. The van der Waals surface area contributed by atoms with Crippen molar-refractivity contribution in [2.45, 2.75) is 19.4 Å². The molecule has 11 nitrogen and oxygen atoms in total. The van der Waals surface area contributed by atoms with Crippen molar-refractivity contribution in [3.05, 3.63) is 101 Å². The quantitative estimate of drug-likeness (QED) is 0.156. The molecule has 46 heavy (non-hydrogen) atoms. The predicted molar refractivity (Wildman–Crippen MR) is 177 cm³/mol. The highest BCUT2D eigenvalue weighted by Gasteiger charge is 2.17. The van der Waals surface area contributed by atoms with Crippen molar-refractivity contribution in [1.82, 2.24) is 29.7 Å². The summed E-state index contributed by atoms with van der Waals surface area (Å²) < 4.78 is 13.2. The zero-order chi connectivity index (χ0) is 31.7. The first-order chi connectivity index (χ1) is 22.6. The van der Waals surface area contributed by atoms with Gasteiger partial charge >= 0.3 is 0 Å². The van der Waals surface area contributed by atoms with Crippen LogP contribution < -0.4 is 15.4 Å². The summed E-state index contributed by atoms with van der Waals surface area (Å²) in [5, 5.41) is 17.3. The fraction of sp³-hybridized carbons (Fsp3) is 0.294. The molecule has 5 aromatic rings. The van der Waals surface area contributed by atoms with E-state index in [0.29, 0.717) is 41.7 Å². The standard InChI is InChI=1S/C34H36ClN7O4/c35-30-18-25(5-8-32(30)46-22-26-4-1-2-10-36-26)40-33-28-19-27(6-7-31(28)38-23-39-33)42-20-24(9-15-43)29(21-42)34(44)37-11-3-12-41-13-16-45-17-14-41/h1-2,4-8,10,18-21,23,43H,3,9,11-17,22H2,(H,37,44)(H,38,39,40). The minimum Gasteiger partial charge on any atom is -0.486 e. The number of anilines is 2. The Kier molecular flexibility index (Phi) is 10.4. The molecule has 0 saturated carbocycles. The van der Waals surface area contributed by atoms with E-state index in [1.54, 1.807) is 18.3 Å². The van der Waals surface area contributed by atoms with Gasteiger partial charge in [0.25, 0.3) is 5.91 Å². The number of carbonyl (C=O) groups is 1. The van der Waals surface area contributed by atoms with Gasteiger partial charge in [-0.2, -0.15) is 0 Å². The molecule has 4 heterocycles. The van der Waals surface area contributed by atoms with Crippen LogP contribution in [0.4, 0.5) is 11.5 Å². The number of aliphatic hydroxyl groups excluding tert-OH is 1. The zero-order valence-electron chi connectivity index (χ0n) is 25.4. The monoisotopic (exact) mass is 641 g/mol. The summed E-state index contributed by atoms with van der Waals surface area (Å²) in [6.45, 7) is 5.10. The molecule has 0 radical (unpaired) electrons. The molecule has 0 atom stereocenters. The third-order valence-electron chi connectivity index (χ3n) is 7.79. The van der Waals surface area contributed by atoms with Crippen LogP contribution in [0.2, 0.25) is 5.02 Å². The second-order valence-electron chi connectivity index (χ2n) is 10.9. The molecule has 1 aliphatic rings. The zero-order valence-corrected chi connectivity index (χ0v) is 26.1. The van der Waals surface area contributed by atoms with Crippen LogP contribution in [0, 0.1) is 0 Å². The molecule has 0 unspecified atom stereocenters. The summed E-state index contributed by atoms with van der Waals surface area (Å²) in [5.41, 5.74) is 4.44. The van der Waals surface area contributed by atoms with E-state index in [2.05, 4.69) is 30.5 Å². The van der Waals surface area contributed by atoms with E-state index in [1.165, 1.54) is 6.33 Å². The number of aromatic nitrogens is 4. The third kappa shape index (κ3) is 7.80. The number of benzene rings is 2. The van der Waals surface area contributed by atoms with Gasteiger partial charge in [-0.25, -0.2) is 9.97 Å². The van der Waals surface area contributed by atoms with Gasteiger partial charge in [0.05, 0.1) is 35.0 Å². The molecular weight excluding hydrogens is 606 g/mol. The average molecular weight is 642 g/mol. The van der Waals surface area contributed by atoms with Gasteiger partial charge in [0.15, 0.2) is 0 Å². The summed E-state index contributed by atoms with van der Waals surface area (Å²) >= 11 is 6.55. The first-order valence-corrected chi connectivity index (χ1v) is 15.7. The van der Waals surface area contributed by atoms with Gasteiger partial charge in [-0.15, -0.1) is 0 Å². The number of carbonyl (C=O) groups excluding carboxylic acids is 1. The maximum absolute atomic E-state index is 13.2. The number of hydrogen-bond donors (Lipinski definition) is 3. The highest BCUT2D eigenvalue weighted by Crippen LogP contribution is 2.31. The predicted octanol–water partition coefficient (Wildman–Crippen LogP) is 4.78. The molecule has 1 saturated heterocycles. The lowest BCUT2D eigenvalue weighted by Crippen LogP contribution is -2.38. The van der Waals surface area contributed by atoms with Crippen LogP contribution in [0.25, 0.3) is 16.6 Å². The van der Waals surface area contributed by atoms with Crippen molar-refractivity contribution in [1.29, 1.82) is 0 Å². The second-order valence-corrected chi connectivity index (χ2v) is 11.4. The number of nitrogens with zero attached hydrogens (tertiary/aromatic N) is 5. The maximum Gasteiger partial charge on any atom is 0.253 e. The van der Waals surface area contributed by atoms with Crippen molar-refractivity contribution < 1.29 is 19.4 Å². The highest BCUT2D eigenvalue weighted by atomic mass is 35.5. The second kappa shape index (κ2) is 15.2. The van der Waals surface area contributed by atoms with Gasteiger partial charge in [-0.05, 0) is 73.5 Å². The number of nitrogens with one attached hydrogen (secondary N) is 2. The lowest BCUT2D eigenvalue weighted by atomic mass is 10.1. The van der Waals surface area contributed by atoms with Crippen LogP contribution in [0.5, 0.6) is 5.75 Å². The number of pyridine rings is 1. The average Bonchev–Trinajstić information content (AvgIpc) is 3.51. The number of amides is 1. The summed E-state index contributed by atoms with van der Waals surface area (Å²) in [5.74, 6) is 1.00. The number of morpholine rings is 1. The number of ether oxygens (including phenoxy) is 2. The molecule has 12 heteroatoms. The summed E-state index contributed by atoms with van der Waals surface area (Å²) in [7, 11) is 0. The van der Waals surface area contributed by atoms with Crippen molar-refractivity contribution >= 4 is 39.9 Å². The lowest BCUT2D eigenvalue weighted by molar-refractivity contribution is 0.0374. The lowest BCUT2D eigenvalue weighted by Gasteiger charge is -2.26. The normalized spacial score (nSPS) is 13.5. The SMILES string of the molecule is O=C(NCCCN1CCOCC1)c1cn(-c2ccc3ncnc(Nc4ccc(OCc5ccccn5)c(Cl)c4)c3c2)cc1CCO. The van der Waals surface area contributed by atoms with Crippen molar-refractivity contribution in [3.63, 3.8) is 0 Å². The molecule has 238 valence electrons. The van der Waals surface area contributed by atoms with E-state index in [4.69, 9.17) is 21.1 Å². The number of halogens is 1. The summed E-state index contributed by atoms with van der Waals surface area (Å²) in [4.78, 5) is 28.7. The maximum atomic E-state index is 13.2. The Labute approximate surface area is 272 Å². The Balaban J connectivity index is 1.16. The van der Waals surface area contributed by atoms with Gasteiger partial charge in [0, 0.05) is 61.6 Å². The van der Waals surface area contributed by atoms with Crippen LogP contribution in [0.15, 0.2) is 79.5 Å². The van der Waals surface area contributed by atoms with E-state index in [1.807, 2.05) is 59.4 Å². The molecule has 1 fully saturated rings. The Morgan fingerprint density at radius 2 is 1.93 bits per heavy atom. The van der Waals surface area contributed by atoms with Crippen LogP contribution in [-0.2, 0) is 17.8 Å². The van der Waals surface area contributed by atoms with Crippen LogP contribution in [0.3, 0.4) is 0 Å². The molecule has 3 N–H and O–H groups in total. The molecule has 3 aromatic heterocycles. The van der Waals surface area contributed by atoms with E-state index >= 15 is 0 Å². The van der Waals surface area contributed by atoms with Crippen molar-refractivity contribution in [3.8, 4) is 11.4 Å². The van der Waals surface area contributed by atoms with Crippen LogP contribution in [0.1, 0.15) is 28.0 Å². The highest BCUT2D eigenvalue weighted by molar-refractivity contribution is 6.32. The molecule has 1 amide bonds. The van der Waals surface area contributed by atoms with E-state index < -0.39 is 0 Å². The summed E-state index contributed by atoms with van der Waals surface area (Å²) in [6.07, 6.45) is 8.15. The number of rotatable bonds is 13. The molecule has 0 spiro atoms. The summed E-state index contributed by atoms with van der Waals surface area (Å²) in [6, 6.07) is 16.9. The molecule has 0 aliphatic carbocycles. The number of fused-ring (bicyclic) bond motifs is 1. The van der Waals surface area contributed by atoms with Crippen molar-refractivity contribution in [2.75, 3.05) is 51.3 Å². The Bertz CT molecular complexity index is 1780. The fourth-order valence-corrected chi connectivity index (χ4v) is 5.60. The third-order valence-corrected chi connectivity index (χ3v) is 8.08. The Hall–Kier alpha value is -4.55. The van der Waals surface area contributed by atoms with Gasteiger partial charge in [-0.3, -0.25) is 14.7 Å². The largest absolute Gasteiger partial charge is 0.486 e. The molecule has 6 rings (SSSR count). The first kappa shape index (κ1) is 31.4. The van der Waals surface area contributed by atoms with Gasteiger partial charge < -0.3 is 29.8 Å². The molecule has 0 bridgehead atoms. The van der Waals surface area contributed by atoms with Crippen molar-refractivity contribution in [2.24, 2.45) is 0 Å². The molecule has 1 aliphatic heterocycles. The minimum absolute atomic E-state index is 0.0590.